The largest absolute Gasteiger partial charge is 0.395 e. The summed E-state index contributed by atoms with van der Waals surface area (Å²) >= 11 is 0. The third kappa shape index (κ3) is 4.00. The number of hydrogen-bond donors (Lipinski definition) is 3. The molecule has 0 aromatic heterocycles. The first-order valence-corrected chi connectivity index (χ1v) is 5.36. The Balaban J connectivity index is 2.46. The van der Waals surface area contributed by atoms with Gasteiger partial charge in [0, 0.05) is 13.1 Å². The molecule has 0 saturated heterocycles. The van der Waals surface area contributed by atoms with Gasteiger partial charge in [0.15, 0.2) is 0 Å². The van der Waals surface area contributed by atoms with Crippen LogP contribution in [0.5, 0.6) is 0 Å². The fourth-order valence-electron chi connectivity index (χ4n) is 1.41. The Labute approximate surface area is 90.8 Å². The van der Waals surface area contributed by atoms with E-state index in [1.165, 1.54) is 5.56 Å². The molecule has 84 valence electrons. The van der Waals surface area contributed by atoms with Gasteiger partial charge >= 0.3 is 0 Å². The second-order valence-electron chi connectivity index (χ2n) is 3.54. The molecule has 15 heavy (non-hydrogen) atoms. The first kappa shape index (κ1) is 12.2. The lowest BCUT2D eigenvalue weighted by molar-refractivity contribution is 0.171. The SMILES string of the molecule is CCc1ccc(C(O)CNCCO)cc1. The van der Waals surface area contributed by atoms with E-state index in [1.54, 1.807) is 0 Å². The van der Waals surface area contributed by atoms with Gasteiger partial charge in [-0.05, 0) is 17.5 Å². The fourth-order valence-corrected chi connectivity index (χ4v) is 1.41. The van der Waals surface area contributed by atoms with Crippen LogP contribution < -0.4 is 5.32 Å². The molecular formula is C12H19NO2. The summed E-state index contributed by atoms with van der Waals surface area (Å²) in [4.78, 5) is 0. The summed E-state index contributed by atoms with van der Waals surface area (Å²) in [7, 11) is 0. The smallest absolute Gasteiger partial charge is 0.0914 e. The standard InChI is InChI=1S/C12H19NO2/c1-2-10-3-5-11(6-4-10)12(15)9-13-7-8-14/h3-6,12-15H,2,7-9H2,1H3. The maximum atomic E-state index is 9.77. The van der Waals surface area contributed by atoms with Crippen molar-refractivity contribution < 1.29 is 10.2 Å². The van der Waals surface area contributed by atoms with Crippen molar-refractivity contribution in [3.05, 3.63) is 35.4 Å². The number of aliphatic hydroxyl groups excluding tert-OH is 2. The predicted octanol–water partition coefficient (Wildman–Crippen LogP) is 0.864. The molecule has 3 heteroatoms. The van der Waals surface area contributed by atoms with Crippen LogP contribution >= 0.6 is 0 Å². The maximum Gasteiger partial charge on any atom is 0.0914 e. The molecule has 3 N–H and O–H groups in total. The molecule has 0 aliphatic carbocycles. The molecule has 0 bridgehead atoms. The molecule has 0 amide bonds. The van der Waals surface area contributed by atoms with E-state index in [9.17, 15) is 5.11 Å². The van der Waals surface area contributed by atoms with Crippen LogP contribution in [-0.2, 0) is 6.42 Å². The number of benzene rings is 1. The van der Waals surface area contributed by atoms with Crippen molar-refractivity contribution in [3.8, 4) is 0 Å². The monoisotopic (exact) mass is 209 g/mol. The van der Waals surface area contributed by atoms with Crippen LogP contribution in [0.25, 0.3) is 0 Å². The van der Waals surface area contributed by atoms with Crippen molar-refractivity contribution in [2.24, 2.45) is 0 Å². The summed E-state index contributed by atoms with van der Waals surface area (Å²) in [6, 6.07) is 7.96. The van der Waals surface area contributed by atoms with E-state index in [-0.39, 0.29) is 6.61 Å². The van der Waals surface area contributed by atoms with Crippen molar-refractivity contribution in [2.75, 3.05) is 19.7 Å². The van der Waals surface area contributed by atoms with Crippen LogP contribution in [0.15, 0.2) is 24.3 Å². The lowest BCUT2D eigenvalue weighted by Crippen LogP contribution is -2.24. The van der Waals surface area contributed by atoms with Crippen molar-refractivity contribution >= 4 is 0 Å². The second kappa shape index (κ2) is 6.56. The fraction of sp³-hybridized carbons (Fsp3) is 0.500. The van der Waals surface area contributed by atoms with Gasteiger partial charge in [-0.1, -0.05) is 31.2 Å². The van der Waals surface area contributed by atoms with Gasteiger partial charge in [-0.25, -0.2) is 0 Å². The van der Waals surface area contributed by atoms with E-state index in [4.69, 9.17) is 5.11 Å². The lowest BCUT2D eigenvalue weighted by Gasteiger charge is -2.12. The molecular weight excluding hydrogens is 190 g/mol. The Kier molecular flexibility index (Phi) is 5.32. The van der Waals surface area contributed by atoms with Crippen LogP contribution in [0.2, 0.25) is 0 Å². The van der Waals surface area contributed by atoms with Crippen LogP contribution in [0.1, 0.15) is 24.2 Å². The minimum absolute atomic E-state index is 0.0987. The normalized spacial score (nSPS) is 12.7. The highest BCUT2D eigenvalue weighted by molar-refractivity contribution is 5.24. The molecule has 1 rings (SSSR count). The molecule has 0 radical (unpaired) electrons. The summed E-state index contributed by atoms with van der Waals surface area (Å²) in [5, 5.41) is 21.3. The van der Waals surface area contributed by atoms with Crippen LogP contribution in [0.4, 0.5) is 0 Å². The first-order chi connectivity index (χ1) is 7.27. The van der Waals surface area contributed by atoms with Gasteiger partial charge in [-0.3, -0.25) is 0 Å². The highest BCUT2D eigenvalue weighted by Crippen LogP contribution is 2.13. The highest BCUT2D eigenvalue weighted by atomic mass is 16.3. The second-order valence-corrected chi connectivity index (χ2v) is 3.54. The van der Waals surface area contributed by atoms with Gasteiger partial charge in [0.25, 0.3) is 0 Å². The van der Waals surface area contributed by atoms with Gasteiger partial charge in [-0.2, -0.15) is 0 Å². The van der Waals surface area contributed by atoms with Gasteiger partial charge in [0.05, 0.1) is 12.7 Å². The van der Waals surface area contributed by atoms with Gasteiger partial charge in [0.2, 0.25) is 0 Å². The first-order valence-electron chi connectivity index (χ1n) is 5.36. The third-order valence-corrected chi connectivity index (χ3v) is 2.40. The van der Waals surface area contributed by atoms with Crippen molar-refractivity contribution in [3.63, 3.8) is 0 Å². The van der Waals surface area contributed by atoms with E-state index in [0.717, 1.165) is 12.0 Å². The van der Waals surface area contributed by atoms with Gasteiger partial charge in [-0.15, -0.1) is 0 Å². The summed E-state index contributed by atoms with van der Waals surface area (Å²) in [6.07, 6.45) is 0.515. The Hall–Kier alpha value is -0.900. The lowest BCUT2D eigenvalue weighted by atomic mass is 10.1. The predicted molar refractivity (Wildman–Crippen MR) is 60.7 cm³/mol. The average molecular weight is 209 g/mol. The number of aliphatic hydroxyl groups is 2. The average Bonchev–Trinajstić information content (AvgIpc) is 2.29. The van der Waals surface area contributed by atoms with Gasteiger partial charge < -0.3 is 15.5 Å². The Morgan fingerprint density at radius 2 is 1.93 bits per heavy atom. The van der Waals surface area contributed by atoms with Crippen molar-refractivity contribution in [1.29, 1.82) is 0 Å². The topological polar surface area (TPSA) is 52.5 Å². The number of rotatable bonds is 6. The summed E-state index contributed by atoms with van der Waals surface area (Å²) < 4.78 is 0. The Morgan fingerprint density at radius 3 is 2.47 bits per heavy atom. The highest BCUT2D eigenvalue weighted by Gasteiger charge is 2.05. The van der Waals surface area contributed by atoms with Crippen molar-refractivity contribution in [2.45, 2.75) is 19.4 Å². The molecule has 3 nitrogen and oxygen atoms in total. The molecule has 1 atom stereocenters. The molecule has 0 heterocycles. The van der Waals surface area contributed by atoms with Gasteiger partial charge in [0.1, 0.15) is 0 Å². The molecule has 0 spiro atoms. The zero-order valence-corrected chi connectivity index (χ0v) is 9.11. The maximum absolute atomic E-state index is 9.77. The minimum atomic E-state index is -0.498. The summed E-state index contributed by atoms with van der Waals surface area (Å²) in [5.41, 5.74) is 2.19. The third-order valence-electron chi connectivity index (χ3n) is 2.40. The van der Waals surface area contributed by atoms with E-state index in [0.29, 0.717) is 13.1 Å². The molecule has 1 aromatic rings. The number of nitrogens with one attached hydrogen (secondary N) is 1. The van der Waals surface area contributed by atoms with E-state index in [1.807, 2.05) is 24.3 Å². The molecule has 0 aliphatic rings. The number of aryl methyl sites for hydroxylation is 1. The summed E-state index contributed by atoms with van der Waals surface area (Å²) in [5.74, 6) is 0. The van der Waals surface area contributed by atoms with Crippen LogP contribution in [0, 0.1) is 0 Å². The zero-order valence-electron chi connectivity index (χ0n) is 9.11. The molecule has 0 aliphatic heterocycles. The quantitative estimate of drug-likeness (QED) is 0.609. The Bertz CT molecular complexity index is 271. The molecule has 0 saturated carbocycles. The Morgan fingerprint density at radius 1 is 1.27 bits per heavy atom. The van der Waals surface area contributed by atoms with E-state index < -0.39 is 6.10 Å². The number of hydrogen-bond acceptors (Lipinski definition) is 3. The van der Waals surface area contributed by atoms with Crippen molar-refractivity contribution in [1.82, 2.24) is 5.32 Å². The van der Waals surface area contributed by atoms with Crippen LogP contribution in [0.3, 0.4) is 0 Å². The molecule has 1 aromatic carbocycles. The zero-order chi connectivity index (χ0) is 11.1. The molecule has 1 unspecified atom stereocenters. The summed E-state index contributed by atoms with van der Waals surface area (Å²) in [6.45, 7) is 3.20. The van der Waals surface area contributed by atoms with E-state index in [2.05, 4.69) is 12.2 Å². The van der Waals surface area contributed by atoms with Crippen LogP contribution in [-0.4, -0.2) is 29.9 Å². The van der Waals surface area contributed by atoms with E-state index >= 15 is 0 Å². The molecule has 0 fully saturated rings. The minimum Gasteiger partial charge on any atom is -0.395 e.